The first-order chi connectivity index (χ1) is 12.0. The van der Waals surface area contributed by atoms with Crippen molar-refractivity contribution in [1.29, 1.82) is 0 Å². The van der Waals surface area contributed by atoms with Crippen LogP contribution >= 0.6 is 0 Å². The minimum Gasteiger partial charge on any atom is -0.497 e. The molecule has 0 aliphatic carbocycles. The fourth-order valence-corrected chi connectivity index (χ4v) is 2.14. The molecule has 0 spiro atoms. The van der Waals surface area contributed by atoms with Crippen LogP contribution in [0.2, 0.25) is 0 Å². The van der Waals surface area contributed by atoms with Crippen molar-refractivity contribution in [3.05, 3.63) is 58.1 Å². The number of rotatable bonds is 8. The highest BCUT2D eigenvalue weighted by Gasteiger charge is 2.14. The molecule has 2 aromatic carbocycles. The van der Waals surface area contributed by atoms with Crippen molar-refractivity contribution in [2.45, 2.75) is 13.3 Å². The number of ether oxygens (including phenoxy) is 2. The van der Waals surface area contributed by atoms with E-state index in [-0.39, 0.29) is 23.6 Å². The van der Waals surface area contributed by atoms with E-state index >= 15 is 0 Å². The molecule has 2 aromatic rings. The number of carbonyl (C=O) groups excluding carboxylic acids is 1. The molecule has 0 aliphatic rings. The first-order valence-electron chi connectivity index (χ1n) is 7.66. The number of nitro benzene ring substituents is 1. The van der Waals surface area contributed by atoms with Crippen LogP contribution in [0.1, 0.15) is 23.7 Å². The SMILES string of the molecule is CCOc1ccc(N=CCC(=O)c2ccc(OC)cc2)c([N+](=O)[O-])c1. The van der Waals surface area contributed by atoms with Gasteiger partial charge < -0.3 is 9.47 Å². The van der Waals surface area contributed by atoms with Crippen LogP contribution in [-0.2, 0) is 0 Å². The Kier molecular flexibility index (Phi) is 6.22. The summed E-state index contributed by atoms with van der Waals surface area (Å²) in [7, 11) is 1.55. The topological polar surface area (TPSA) is 91.0 Å². The van der Waals surface area contributed by atoms with E-state index in [1.54, 1.807) is 44.4 Å². The minimum atomic E-state index is -0.527. The van der Waals surface area contributed by atoms with Crippen molar-refractivity contribution in [3.8, 4) is 11.5 Å². The Bertz CT molecular complexity index is 785. The summed E-state index contributed by atoms with van der Waals surface area (Å²) in [5, 5.41) is 11.2. The van der Waals surface area contributed by atoms with Crippen LogP contribution in [0, 0.1) is 10.1 Å². The molecule has 0 saturated heterocycles. The minimum absolute atomic E-state index is 0.0384. The largest absolute Gasteiger partial charge is 0.497 e. The molecular weight excluding hydrogens is 324 g/mol. The van der Waals surface area contributed by atoms with Crippen LogP contribution in [0.15, 0.2) is 47.5 Å². The van der Waals surface area contributed by atoms with Gasteiger partial charge in [-0.1, -0.05) is 0 Å². The van der Waals surface area contributed by atoms with Gasteiger partial charge in [-0.25, -0.2) is 0 Å². The monoisotopic (exact) mass is 342 g/mol. The molecule has 0 saturated carbocycles. The Morgan fingerprint density at radius 3 is 2.48 bits per heavy atom. The van der Waals surface area contributed by atoms with E-state index in [2.05, 4.69) is 4.99 Å². The van der Waals surface area contributed by atoms with Crippen molar-refractivity contribution >= 4 is 23.4 Å². The Morgan fingerprint density at radius 2 is 1.88 bits per heavy atom. The van der Waals surface area contributed by atoms with E-state index in [0.29, 0.717) is 23.7 Å². The van der Waals surface area contributed by atoms with Crippen molar-refractivity contribution in [2.75, 3.05) is 13.7 Å². The molecule has 130 valence electrons. The first kappa shape index (κ1) is 18.1. The lowest BCUT2D eigenvalue weighted by atomic mass is 10.1. The zero-order valence-corrected chi connectivity index (χ0v) is 14.0. The molecule has 2 rings (SSSR count). The van der Waals surface area contributed by atoms with Crippen LogP contribution in [-0.4, -0.2) is 30.6 Å². The molecule has 25 heavy (non-hydrogen) atoms. The summed E-state index contributed by atoms with van der Waals surface area (Å²) in [5.74, 6) is 0.928. The summed E-state index contributed by atoms with van der Waals surface area (Å²) in [5.41, 5.74) is 0.531. The van der Waals surface area contributed by atoms with E-state index < -0.39 is 4.92 Å². The zero-order chi connectivity index (χ0) is 18.2. The zero-order valence-electron chi connectivity index (χ0n) is 14.0. The van der Waals surface area contributed by atoms with Gasteiger partial charge in [0.1, 0.15) is 17.2 Å². The second-order valence-electron chi connectivity index (χ2n) is 5.01. The number of carbonyl (C=O) groups is 1. The second-order valence-corrected chi connectivity index (χ2v) is 5.01. The van der Waals surface area contributed by atoms with Crippen LogP contribution in [0.3, 0.4) is 0 Å². The number of ketones is 1. The second kappa shape index (κ2) is 8.58. The van der Waals surface area contributed by atoms with Gasteiger partial charge in [-0.2, -0.15) is 0 Å². The maximum Gasteiger partial charge on any atom is 0.298 e. The van der Waals surface area contributed by atoms with Gasteiger partial charge in [0.2, 0.25) is 0 Å². The van der Waals surface area contributed by atoms with Gasteiger partial charge in [-0.15, -0.1) is 0 Å². The Labute approximate surface area is 145 Å². The Balaban J connectivity index is 2.10. The highest BCUT2D eigenvalue weighted by Crippen LogP contribution is 2.31. The van der Waals surface area contributed by atoms with Gasteiger partial charge in [0.25, 0.3) is 5.69 Å². The molecule has 0 radical (unpaired) electrons. The molecule has 7 nitrogen and oxygen atoms in total. The fraction of sp³-hybridized carbons (Fsp3) is 0.222. The number of hydrogen-bond acceptors (Lipinski definition) is 6. The summed E-state index contributed by atoms with van der Waals surface area (Å²) in [4.78, 5) is 26.8. The summed E-state index contributed by atoms with van der Waals surface area (Å²) in [6.07, 6.45) is 1.41. The van der Waals surface area contributed by atoms with Crippen LogP contribution in [0.25, 0.3) is 0 Å². The van der Waals surface area contributed by atoms with E-state index in [1.165, 1.54) is 18.3 Å². The average Bonchev–Trinajstić information content (AvgIpc) is 2.62. The third-order valence-corrected chi connectivity index (χ3v) is 3.37. The van der Waals surface area contributed by atoms with Crippen LogP contribution < -0.4 is 9.47 Å². The average molecular weight is 342 g/mol. The summed E-state index contributed by atoms with van der Waals surface area (Å²) in [6, 6.07) is 11.1. The fourth-order valence-electron chi connectivity index (χ4n) is 2.14. The van der Waals surface area contributed by atoms with E-state index in [4.69, 9.17) is 9.47 Å². The van der Waals surface area contributed by atoms with Gasteiger partial charge in [0.15, 0.2) is 5.78 Å². The number of Topliss-reactive ketones (excluding diaryl/α,β-unsaturated/α-hetero) is 1. The summed E-state index contributed by atoms with van der Waals surface area (Å²) >= 11 is 0. The number of aliphatic imine (C=N–C) groups is 1. The molecule has 0 fully saturated rings. The van der Waals surface area contributed by atoms with E-state index in [1.807, 2.05) is 0 Å². The van der Waals surface area contributed by atoms with Gasteiger partial charge in [-0.05, 0) is 43.3 Å². The third-order valence-electron chi connectivity index (χ3n) is 3.37. The van der Waals surface area contributed by atoms with Crippen molar-refractivity contribution in [2.24, 2.45) is 4.99 Å². The molecule has 0 bridgehead atoms. The van der Waals surface area contributed by atoms with E-state index in [9.17, 15) is 14.9 Å². The predicted molar refractivity (Wildman–Crippen MR) is 94.4 cm³/mol. The number of hydrogen-bond donors (Lipinski definition) is 0. The quantitative estimate of drug-likeness (QED) is 0.313. The molecule has 7 heteroatoms. The number of methoxy groups -OCH3 is 1. The lowest BCUT2D eigenvalue weighted by molar-refractivity contribution is -0.384. The van der Waals surface area contributed by atoms with Crippen molar-refractivity contribution in [3.63, 3.8) is 0 Å². The maximum absolute atomic E-state index is 12.1. The highest BCUT2D eigenvalue weighted by molar-refractivity contribution is 6.04. The van der Waals surface area contributed by atoms with Crippen LogP contribution in [0.4, 0.5) is 11.4 Å². The molecule has 0 amide bonds. The molecule has 0 unspecified atom stereocenters. The normalized spacial score (nSPS) is 10.6. The number of nitrogens with zero attached hydrogens (tertiary/aromatic N) is 2. The number of benzene rings is 2. The van der Waals surface area contributed by atoms with Gasteiger partial charge in [0, 0.05) is 18.2 Å². The molecule has 0 heterocycles. The van der Waals surface area contributed by atoms with Gasteiger partial charge in [-0.3, -0.25) is 19.9 Å². The molecule has 0 N–H and O–H groups in total. The lowest BCUT2D eigenvalue weighted by Gasteiger charge is -2.04. The smallest absolute Gasteiger partial charge is 0.298 e. The Hall–Kier alpha value is -3.22. The van der Waals surface area contributed by atoms with Crippen molar-refractivity contribution < 1.29 is 19.2 Å². The lowest BCUT2D eigenvalue weighted by Crippen LogP contribution is -1.99. The third kappa shape index (κ3) is 4.87. The predicted octanol–water partition coefficient (Wildman–Crippen LogP) is 3.98. The highest BCUT2D eigenvalue weighted by atomic mass is 16.6. The van der Waals surface area contributed by atoms with E-state index in [0.717, 1.165) is 0 Å². The first-order valence-corrected chi connectivity index (χ1v) is 7.66. The van der Waals surface area contributed by atoms with Gasteiger partial charge >= 0.3 is 0 Å². The summed E-state index contributed by atoms with van der Waals surface area (Å²) < 4.78 is 10.3. The maximum atomic E-state index is 12.1. The molecule has 0 atom stereocenters. The standard InChI is InChI=1S/C18H18N2O5/c1-3-25-15-8-9-16(17(12-15)20(22)23)19-11-10-18(21)13-4-6-14(24-2)7-5-13/h4-9,11-12H,3,10H2,1-2H3. The van der Waals surface area contributed by atoms with Gasteiger partial charge in [0.05, 0.1) is 24.7 Å². The Morgan fingerprint density at radius 1 is 1.20 bits per heavy atom. The van der Waals surface area contributed by atoms with Crippen molar-refractivity contribution in [1.82, 2.24) is 0 Å². The molecule has 0 aliphatic heterocycles. The molecular formula is C18H18N2O5. The molecule has 0 aromatic heterocycles. The van der Waals surface area contributed by atoms with Crippen LogP contribution in [0.5, 0.6) is 11.5 Å². The number of nitro groups is 1. The summed E-state index contributed by atoms with van der Waals surface area (Å²) in [6.45, 7) is 2.21.